The standard InChI is InChI=1S/C16H27N3.4C13H18N4.C12H21N3.C11H19N3/c1-11(2)15-18-14-10-8-6-5-7-9-13(14)16(19-15)17-12(3)4;1-8(2)12-16-11-5-6-14-7-10(11)13(17-12)15-9(3)4;1-8(2)12-16-11-7-14-6-5-10(11)13(17-12)15-9(3)4;1-8(2)12-16-10-6-5-7-14-11(10)13(17-12)15-9(3)4;1-8(2)11-16-12-10(6-5-7-14-12)13(17-11)15-9(3)4;1-7(2)11-14-10(6)9(5)12(15-11)13-8(3)4;1-7(2)11-13-9(5)6-10(14-11)12-8(3)4/h11-12H,5-10H2,1-4H3,(H,17,18,19);3*5-9H,1-4H3,(H,15,16,17);5-9H,1-4H3,(H,14,15,16,17);7-8H,1-6H3,(H,13,14,15);6-8H,1-5H3,(H,12,13,14). The third-order valence-electron chi connectivity index (χ3n) is 17.6. The van der Waals surface area contributed by atoms with Crippen LogP contribution in [0.3, 0.4) is 0 Å². The van der Waals surface area contributed by atoms with Crippen LogP contribution in [0.15, 0.2) is 79.6 Å². The molecule has 0 spiro atoms. The smallest absolute Gasteiger partial charge is 0.164 e. The van der Waals surface area contributed by atoms with Crippen LogP contribution in [0.4, 0.5) is 40.7 Å². The fourth-order valence-corrected chi connectivity index (χ4v) is 11.7. The molecule has 25 heteroatoms. The first-order valence-corrected chi connectivity index (χ1v) is 42.2. The van der Waals surface area contributed by atoms with Gasteiger partial charge in [-0.25, -0.2) is 74.8 Å². The molecule has 116 heavy (non-hydrogen) atoms. The van der Waals surface area contributed by atoms with Gasteiger partial charge in [-0.3, -0.25) is 15.0 Å². The van der Waals surface area contributed by atoms with Crippen LogP contribution >= 0.6 is 0 Å². The molecule has 7 N–H and O–H groups in total. The summed E-state index contributed by atoms with van der Waals surface area (Å²) in [6.45, 7) is 65.2. The van der Waals surface area contributed by atoms with Crippen LogP contribution < -0.4 is 37.2 Å². The summed E-state index contributed by atoms with van der Waals surface area (Å²) in [6.07, 6.45) is 18.1. The average Bonchev–Trinajstić information content (AvgIpc) is 0.821. The van der Waals surface area contributed by atoms with Crippen LogP contribution in [0.5, 0.6) is 0 Å². The van der Waals surface area contributed by atoms with Crippen molar-refractivity contribution in [2.45, 2.75) is 337 Å². The first-order chi connectivity index (χ1) is 54.8. The van der Waals surface area contributed by atoms with Crippen molar-refractivity contribution < 1.29 is 0 Å². The van der Waals surface area contributed by atoms with Crippen molar-refractivity contribution in [1.29, 1.82) is 0 Å². The summed E-state index contributed by atoms with van der Waals surface area (Å²) in [4.78, 5) is 80.8. The Kier molecular flexibility index (Phi) is 37.5. The van der Waals surface area contributed by atoms with Gasteiger partial charge in [0.2, 0.25) is 0 Å². The Hall–Kier alpha value is -10.2. The number of rotatable bonds is 21. The maximum absolute atomic E-state index is 4.83. The number of nitrogens with one attached hydrogen (secondary N) is 7. The van der Waals surface area contributed by atoms with Gasteiger partial charge in [0.25, 0.3) is 0 Å². The minimum Gasteiger partial charge on any atom is -0.368 e. The van der Waals surface area contributed by atoms with Gasteiger partial charge in [0.15, 0.2) is 11.5 Å². The van der Waals surface area contributed by atoms with Crippen LogP contribution in [-0.2, 0) is 12.8 Å². The molecular formula is C91H139N25. The molecule has 1 aliphatic carbocycles. The number of nitrogens with zero attached hydrogens (tertiary/aromatic N) is 18. The Morgan fingerprint density at radius 1 is 0.293 bits per heavy atom. The van der Waals surface area contributed by atoms with Crippen LogP contribution in [0, 0.1) is 20.8 Å². The molecule has 0 saturated carbocycles. The Balaban J connectivity index is 0.000000211. The summed E-state index contributed by atoms with van der Waals surface area (Å²) < 4.78 is 0. The van der Waals surface area contributed by atoms with Gasteiger partial charge < -0.3 is 37.2 Å². The van der Waals surface area contributed by atoms with Crippen molar-refractivity contribution in [1.82, 2.24) is 89.7 Å². The molecule has 0 unspecified atom stereocenters. The zero-order valence-corrected chi connectivity index (χ0v) is 75.9. The number of aromatic nitrogens is 18. The summed E-state index contributed by atoms with van der Waals surface area (Å²) in [7, 11) is 0. The second kappa shape index (κ2) is 45.9. The van der Waals surface area contributed by atoms with Crippen molar-refractivity contribution in [2.24, 2.45) is 0 Å². The van der Waals surface area contributed by atoms with Gasteiger partial charge in [-0.1, -0.05) is 110 Å². The average molecular weight is 1580 g/mol. The van der Waals surface area contributed by atoms with E-state index in [2.05, 4.69) is 318 Å². The fourth-order valence-electron chi connectivity index (χ4n) is 11.7. The molecule has 0 amide bonds. The van der Waals surface area contributed by atoms with E-state index in [4.69, 9.17) is 9.97 Å². The van der Waals surface area contributed by atoms with Crippen LogP contribution in [0.2, 0.25) is 0 Å². The quantitative estimate of drug-likeness (QED) is 0.0351. The normalized spacial score (nSPS) is 12.1. The van der Waals surface area contributed by atoms with E-state index < -0.39 is 0 Å². The number of fused-ring (bicyclic) bond motifs is 5. The predicted molar refractivity (Wildman–Crippen MR) is 485 cm³/mol. The Morgan fingerprint density at radius 3 is 1.25 bits per heavy atom. The fraction of sp³-hybridized carbons (Fsp3) is 0.560. The van der Waals surface area contributed by atoms with Crippen molar-refractivity contribution in [3.05, 3.63) is 149 Å². The van der Waals surface area contributed by atoms with Gasteiger partial charge in [0, 0.05) is 154 Å². The lowest BCUT2D eigenvalue weighted by atomic mass is 9.97. The maximum Gasteiger partial charge on any atom is 0.164 e. The lowest BCUT2D eigenvalue weighted by Crippen LogP contribution is -2.18. The first-order valence-electron chi connectivity index (χ1n) is 42.2. The Bertz CT molecular complexity index is 4450. The lowest BCUT2D eigenvalue weighted by Gasteiger charge is -2.20. The molecule has 11 aromatic heterocycles. The highest BCUT2D eigenvalue weighted by Crippen LogP contribution is 2.30. The molecule has 25 nitrogen and oxygen atoms in total. The van der Waals surface area contributed by atoms with E-state index in [9.17, 15) is 0 Å². The maximum atomic E-state index is 4.83. The molecule has 0 atom stereocenters. The molecule has 628 valence electrons. The van der Waals surface area contributed by atoms with Gasteiger partial charge in [0.1, 0.15) is 81.2 Å². The molecule has 11 heterocycles. The van der Waals surface area contributed by atoms with E-state index in [1.54, 1.807) is 31.0 Å². The second-order valence-electron chi connectivity index (χ2n) is 34.1. The number of aryl methyl sites for hydroxylation is 3. The second-order valence-corrected chi connectivity index (χ2v) is 34.1. The summed E-state index contributed by atoms with van der Waals surface area (Å²) in [5, 5.41) is 26.6. The number of hydrogen-bond acceptors (Lipinski definition) is 25. The van der Waals surface area contributed by atoms with Gasteiger partial charge in [-0.15, -0.1) is 0 Å². The molecule has 11 aromatic rings. The van der Waals surface area contributed by atoms with Gasteiger partial charge >= 0.3 is 0 Å². The zero-order chi connectivity index (χ0) is 85.8. The van der Waals surface area contributed by atoms with E-state index in [0.29, 0.717) is 83.7 Å². The predicted octanol–water partition coefficient (Wildman–Crippen LogP) is 21.7. The molecular weight excluding hydrogens is 1440 g/mol. The van der Waals surface area contributed by atoms with E-state index in [1.807, 2.05) is 62.5 Å². The number of pyridine rings is 4. The summed E-state index contributed by atoms with van der Waals surface area (Å²) in [5.41, 5.74) is 10.2. The Labute approximate surface area is 693 Å². The first kappa shape index (κ1) is 94.7. The van der Waals surface area contributed by atoms with Crippen LogP contribution in [0.25, 0.3) is 43.9 Å². The van der Waals surface area contributed by atoms with Crippen LogP contribution in [-0.4, -0.2) is 132 Å². The molecule has 1 aliphatic rings. The van der Waals surface area contributed by atoms with Crippen molar-refractivity contribution in [3.8, 4) is 0 Å². The molecule has 0 saturated heterocycles. The van der Waals surface area contributed by atoms with E-state index in [1.165, 1.54) is 36.9 Å². The highest BCUT2D eigenvalue weighted by molar-refractivity contribution is 5.90. The highest BCUT2D eigenvalue weighted by atomic mass is 15.1. The van der Waals surface area contributed by atoms with E-state index in [-0.39, 0.29) is 0 Å². The van der Waals surface area contributed by atoms with Gasteiger partial charge in [-0.2, -0.15) is 0 Å². The molecule has 0 radical (unpaired) electrons. The van der Waals surface area contributed by atoms with Crippen LogP contribution in [0.1, 0.15) is 330 Å². The minimum atomic E-state index is 0.300. The third-order valence-corrected chi connectivity index (χ3v) is 17.6. The van der Waals surface area contributed by atoms with Crippen molar-refractivity contribution >= 4 is 84.6 Å². The number of anilines is 7. The highest BCUT2D eigenvalue weighted by Gasteiger charge is 2.21. The lowest BCUT2D eigenvalue weighted by molar-refractivity contribution is 0.600. The number of hydrogen-bond donors (Lipinski definition) is 7. The molecule has 12 rings (SSSR count). The zero-order valence-electron chi connectivity index (χ0n) is 75.9. The summed E-state index contributed by atoms with van der Waals surface area (Å²) in [6, 6.07) is 16.2. The van der Waals surface area contributed by atoms with Gasteiger partial charge in [0.05, 0.1) is 33.5 Å². The largest absolute Gasteiger partial charge is 0.368 e. The van der Waals surface area contributed by atoms with Crippen molar-refractivity contribution in [2.75, 3.05) is 37.2 Å². The van der Waals surface area contributed by atoms with E-state index >= 15 is 0 Å². The molecule has 0 bridgehead atoms. The SMILES string of the molecule is CC(C)Nc1nc(C(C)C)nc2c1CCCCCC2.CC(C)Nc1nc(C(C)C)nc2cccnc12.CC(C)Nc1nc(C(C)C)nc2ccncc12.CC(C)Nc1nc(C(C)C)nc2cnccc12.CC(C)Nc1nc(C(C)C)nc2ncccc12.Cc1cc(NC(C)C)nc(C(C)C)n1.Cc1nc(C(C)C)nc(NC(C)C)c1C. The molecule has 0 fully saturated rings. The minimum absolute atomic E-state index is 0.300. The Morgan fingerprint density at radius 2 is 0.698 bits per heavy atom. The van der Waals surface area contributed by atoms with Crippen molar-refractivity contribution in [3.63, 3.8) is 0 Å². The molecule has 0 aromatic carbocycles. The molecule has 0 aliphatic heterocycles. The monoisotopic (exact) mass is 1580 g/mol. The van der Waals surface area contributed by atoms with Gasteiger partial charge in [-0.05, 0) is 180 Å². The summed E-state index contributed by atoms with van der Waals surface area (Å²) in [5.74, 6) is 15.1. The topological polar surface area (TPSA) is 316 Å². The summed E-state index contributed by atoms with van der Waals surface area (Å²) >= 11 is 0. The third kappa shape index (κ3) is 30.1. The van der Waals surface area contributed by atoms with E-state index in [0.717, 1.165) is 155 Å².